The number of carbonyl (C=O) groups is 2. The Morgan fingerprint density at radius 3 is 2.27 bits per heavy atom. The lowest BCUT2D eigenvalue weighted by atomic mass is 9.84. The smallest absolute Gasteiger partial charge is 0.335 e. The van der Waals surface area contributed by atoms with Crippen molar-refractivity contribution in [3.8, 4) is 11.5 Å². The zero-order valence-corrected chi connectivity index (χ0v) is 14.7. The molecule has 6 heteroatoms. The Balaban J connectivity index is 1.67. The number of hydrogen-bond donors (Lipinski definition) is 2. The second kappa shape index (κ2) is 7.07. The lowest BCUT2D eigenvalue weighted by Crippen LogP contribution is -2.36. The van der Waals surface area contributed by atoms with Gasteiger partial charge >= 0.3 is 5.97 Å². The van der Waals surface area contributed by atoms with E-state index in [1.807, 2.05) is 32.0 Å². The summed E-state index contributed by atoms with van der Waals surface area (Å²) in [5.41, 5.74) is 1.29. The molecule has 0 atom stereocenters. The van der Waals surface area contributed by atoms with Crippen LogP contribution in [0.5, 0.6) is 11.5 Å². The number of benzene rings is 2. The van der Waals surface area contributed by atoms with Crippen LogP contribution < -0.4 is 14.8 Å². The SMILES string of the molecule is CC(C)(CNC(=O)c1ccc(C(=O)O)cc1)c1ccc2c(c1)OCCO2. The van der Waals surface area contributed by atoms with Gasteiger partial charge in [-0.2, -0.15) is 0 Å². The molecule has 0 aromatic heterocycles. The third-order valence-electron chi connectivity index (χ3n) is 4.41. The largest absolute Gasteiger partial charge is 0.486 e. The molecule has 2 N–H and O–H groups in total. The van der Waals surface area contributed by atoms with Crippen LogP contribution in [0.3, 0.4) is 0 Å². The number of fused-ring (bicyclic) bond motifs is 1. The molecular formula is C20H21NO5. The molecule has 1 heterocycles. The number of aromatic carboxylic acids is 1. The molecule has 0 aliphatic carbocycles. The van der Waals surface area contributed by atoms with Crippen molar-refractivity contribution >= 4 is 11.9 Å². The molecule has 3 rings (SSSR count). The van der Waals surface area contributed by atoms with Gasteiger partial charge in [0, 0.05) is 17.5 Å². The molecule has 0 saturated heterocycles. The molecule has 2 aromatic rings. The maximum absolute atomic E-state index is 12.3. The first kappa shape index (κ1) is 17.8. The van der Waals surface area contributed by atoms with Crippen LogP contribution >= 0.6 is 0 Å². The van der Waals surface area contributed by atoms with Gasteiger partial charge in [-0.25, -0.2) is 4.79 Å². The molecule has 6 nitrogen and oxygen atoms in total. The van der Waals surface area contributed by atoms with Crippen LogP contribution in [0.1, 0.15) is 40.1 Å². The van der Waals surface area contributed by atoms with Crippen LogP contribution in [-0.2, 0) is 5.41 Å². The van der Waals surface area contributed by atoms with Gasteiger partial charge in [-0.15, -0.1) is 0 Å². The Labute approximate surface area is 151 Å². The van der Waals surface area contributed by atoms with Crippen molar-refractivity contribution in [2.45, 2.75) is 19.3 Å². The molecule has 1 aliphatic rings. The summed E-state index contributed by atoms with van der Waals surface area (Å²) >= 11 is 0. The van der Waals surface area contributed by atoms with Crippen LogP contribution in [-0.4, -0.2) is 36.7 Å². The van der Waals surface area contributed by atoms with Gasteiger partial charge in [-0.1, -0.05) is 19.9 Å². The van der Waals surface area contributed by atoms with Crippen LogP contribution in [0.25, 0.3) is 0 Å². The van der Waals surface area contributed by atoms with E-state index in [9.17, 15) is 9.59 Å². The number of carbonyl (C=O) groups excluding carboxylic acids is 1. The van der Waals surface area contributed by atoms with Gasteiger partial charge in [0.15, 0.2) is 11.5 Å². The molecule has 2 aromatic carbocycles. The van der Waals surface area contributed by atoms with Crippen molar-refractivity contribution in [2.75, 3.05) is 19.8 Å². The molecule has 0 saturated carbocycles. The highest BCUT2D eigenvalue weighted by Crippen LogP contribution is 2.34. The van der Waals surface area contributed by atoms with Gasteiger partial charge in [0.05, 0.1) is 5.56 Å². The molecule has 1 aliphatic heterocycles. The van der Waals surface area contributed by atoms with Crippen molar-refractivity contribution in [1.29, 1.82) is 0 Å². The molecule has 0 radical (unpaired) electrons. The highest BCUT2D eigenvalue weighted by molar-refractivity contribution is 5.95. The van der Waals surface area contributed by atoms with Crippen molar-refractivity contribution in [3.63, 3.8) is 0 Å². The second-order valence-electron chi connectivity index (χ2n) is 6.81. The molecular weight excluding hydrogens is 334 g/mol. The number of ether oxygens (including phenoxy) is 2. The van der Waals surface area contributed by atoms with E-state index in [4.69, 9.17) is 14.6 Å². The van der Waals surface area contributed by atoms with E-state index in [2.05, 4.69) is 5.32 Å². The lowest BCUT2D eigenvalue weighted by molar-refractivity contribution is 0.0696. The van der Waals surface area contributed by atoms with Gasteiger partial charge in [-0.05, 0) is 42.0 Å². The Morgan fingerprint density at radius 1 is 1.00 bits per heavy atom. The average Bonchev–Trinajstić information content (AvgIpc) is 2.65. The maximum Gasteiger partial charge on any atom is 0.335 e. The summed E-state index contributed by atoms with van der Waals surface area (Å²) in [6.45, 7) is 5.57. The fourth-order valence-corrected chi connectivity index (χ4v) is 2.73. The summed E-state index contributed by atoms with van der Waals surface area (Å²) in [4.78, 5) is 23.2. The summed E-state index contributed by atoms with van der Waals surface area (Å²) in [6, 6.07) is 11.7. The zero-order valence-electron chi connectivity index (χ0n) is 14.7. The fourth-order valence-electron chi connectivity index (χ4n) is 2.73. The van der Waals surface area contributed by atoms with Crippen LogP contribution in [0, 0.1) is 0 Å². The minimum Gasteiger partial charge on any atom is -0.486 e. The quantitative estimate of drug-likeness (QED) is 0.861. The predicted molar refractivity (Wildman–Crippen MR) is 96.2 cm³/mol. The summed E-state index contributed by atoms with van der Waals surface area (Å²) in [7, 11) is 0. The molecule has 1 amide bonds. The van der Waals surface area contributed by atoms with Gasteiger partial charge in [0.1, 0.15) is 13.2 Å². The van der Waals surface area contributed by atoms with E-state index in [0.717, 1.165) is 17.1 Å². The van der Waals surface area contributed by atoms with E-state index >= 15 is 0 Å². The highest BCUT2D eigenvalue weighted by atomic mass is 16.6. The van der Waals surface area contributed by atoms with Crippen LogP contribution in [0.4, 0.5) is 0 Å². The minimum atomic E-state index is -1.02. The van der Waals surface area contributed by atoms with Crippen LogP contribution in [0.2, 0.25) is 0 Å². The molecule has 0 bridgehead atoms. The van der Waals surface area contributed by atoms with E-state index in [1.54, 1.807) is 0 Å². The predicted octanol–water partition coefficient (Wildman–Crippen LogP) is 2.86. The number of carboxylic acid groups (broad SMARTS) is 1. The Kier molecular flexibility index (Phi) is 4.84. The van der Waals surface area contributed by atoms with E-state index in [-0.39, 0.29) is 16.9 Å². The Bertz CT molecular complexity index is 827. The third-order valence-corrected chi connectivity index (χ3v) is 4.41. The van der Waals surface area contributed by atoms with Crippen molar-refractivity contribution < 1.29 is 24.2 Å². The van der Waals surface area contributed by atoms with E-state index < -0.39 is 5.97 Å². The molecule has 0 unspecified atom stereocenters. The van der Waals surface area contributed by atoms with Gasteiger partial charge in [0.25, 0.3) is 5.91 Å². The van der Waals surface area contributed by atoms with Crippen molar-refractivity contribution in [1.82, 2.24) is 5.32 Å². The summed E-state index contributed by atoms with van der Waals surface area (Å²) in [5.74, 6) is 0.194. The first-order chi connectivity index (χ1) is 12.4. The van der Waals surface area contributed by atoms with Gasteiger partial charge in [0.2, 0.25) is 0 Å². The Hall–Kier alpha value is -3.02. The summed E-state index contributed by atoms with van der Waals surface area (Å²) in [6.07, 6.45) is 0. The topological polar surface area (TPSA) is 84.9 Å². The van der Waals surface area contributed by atoms with Gasteiger partial charge < -0.3 is 19.9 Å². The number of hydrogen-bond acceptors (Lipinski definition) is 4. The van der Waals surface area contributed by atoms with E-state index in [0.29, 0.717) is 25.3 Å². The molecule has 26 heavy (non-hydrogen) atoms. The third kappa shape index (κ3) is 3.79. The molecule has 0 fully saturated rings. The summed E-state index contributed by atoms with van der Waals surface area (Å²) in [5, 5.41) is 11.8. The number of rotatable bonds is 5. The first-order valence-corrected chi connectivity index (χ1v) is 8.38. The first-order valence-electron chi connectivity index (χ1n) is 8.38. The highest BCUT2D eigenvalue weighted by Gasteiger charge is 2.24. The fraction of sp³-hybridized carbons (Fsp3) is 0.300. The van der Waals surface area contributed by atoms with Gasteiger partial charge in [-0.3, -0.25) is 4.79 Å². The number of amides is 1. The number of carboxylic acids is 1. The zero-order chi connectivity index (χ0) is 18.7. The average molecular weight is 355 g/mol. The van der Waals surface area contributed by atoms with Crippen molar-refractivity contribution in [2.24, 2.45) is 0 Å². The Morgan fingerprint density at radius 2 is 1.62 bits per heavy atom. The number of nitrogens with one attached hydrogen (secondary N) is 1. The molecule has 0 spiro atoms. The molecule has 136 valence electrons. The maximum atomic E-state index is 12.3. The van der Waals surface area contributed by atoms with E-state index in [1.165, 1.54) is 24.3 Å². The van der Waals surface area contributed by atoms with Crippen molar-refractivity contribution in [3.05, 3.63) is 59.2 Å². The second-order valence-corrected chi connectivity index (χ2v) is 6.81. The lowest BCUT2D eigenvalue weighted by Gasteiger charge is -2.28. The van der Waals surface area contributed by atoms with Crippen LogP contribution in [0.15, 0.2) is 42.5 Å². The summed E-state index contributed by atoms with van der Waals surface area (Å²) < 4.78 is 11.2. The standard InChI is InChI=1S/C20H21NO5/c1-20(2,15-7-8-16-17(11-15)26-10-9-25-16)12-21-18(22)13-3-5-14(6-4-13)19(23)24/h3-8,11H,9-10,12H2,1-2H3,(H,21,22)(H,23,24). The monoisotopic (exact) mass is 355 g/mol. The minimum absolute atomic E-state index is 0.151. The normalized spacial score (nSPS) is 13.2.